The molecular weight excluding hydrogens is 196 g/mol. The molecule has 1 rings (SSSR count). The number of hydrogen-bond donors (Lipinski definition) is 2. The van der Waals surface area contributed by atoms with Gasteiger partial charge in [0.05, 0.1) is 0 Å². The van der Waals surface area contributed by atoms with Gasteiger partial charge in [-0.15, -0.1) is 0 Å². The van der Waals surface area contributed by atoms with Crippen molar-refractivity contribution >= 4 is 17.7 Å². The zero-order valence-electron chi connectivity index (χ0n) is 9.01. The molecule has 1 unspecified atom stereocenters. The Kier molecular flexibility index (Phi) is 5.33. The van der Waals surface area contributed by atoms with E-state index >= 15 is 0 Å². The van der Waals surface area contributed by atoms with Crippen molar-refractivity contribution in [2.45, 2.75) is 25.8 Å². The highest BCUT2D eigenvalue weighted by molar-refractivity contribution is 7.98. The largest absolute Gasteiger partial charge is 0.352 e. The van der Waals surface area contributed by atoms with Crippen LogP contribution in [0.3, 0.4) is 0 Å². The predicted molar refractivity (Wildman–Crippen MR) is 61.6 cm³/mol. The monoisotopic (exact) mass is 216 g/mol. The maximum Gasteiger partial charge on any atom is 0.223 e. The zero-order valence-corrected chi connectivity index (χ0v) is 9.82. The lowest BCUT2D eigenvalue weighted by molar-refractivity contribution is -0.124. The number of amides is 1. The molecule has 4 heteroatoms. The average Bonchev–Trinajstić information content (AvgIpc) is 2.19. The molecule has 82 valence electrons. The molecule has 3 nitrogen and oxygen atoms in total. The Bertz CT molecular complexity index is 181. The first kappa shape index (κ1) is 11.9. The molecule has 0 spiro atoms. The number of thioether (sulfide) groups is 1. The third-order valence-corrected chi connectivity index (χ3v) is 3.34. The lowest BCUT2D eigenvalue weighted by Crippen LogP contribution is -2.47. The van der Waals surface area contributed by atoms with Crippen LogP contribution in [0.5, 0.6) is 0 Å². The molecular formula is C10H20N2OS. The van der Waals surface area contributed by atoms with Crippen LogP contribution in [0.2, 0.25) is 0 Å². The summed E-state index contributed by atoms with van der Waals surface area (Å²) in [5.74, 6) is 1.24. The second-order valence-electron chi connectivity index (χ2n) is 3.91. The Morgan fingerprint density at radius 2 is 2.50 bits per heavy atom. The molecule has 1 heterocycles. The summed E-state index contributed by atoms with van der Waals surface area (Å²) < 4.78 is 0. The average molecular weight is 216 g/mol. The summed E-state index contributed by atoms with van der Waals surface area (Å²) in [6.45, 7) is 4.01. The number of nitrogens with one attached hydrogen (secondary N) is 2. The van der Waals surface area contributed by atoms with Crippen molar-refractivity contribution in [2.24, 2.45) is 5.92 Å². The van der Waals surface area contributed by atoms with E-state index in [0.717, 1.165) is 25.3 Å². The summed E-state index contributed by atoms with van der Waals surface area (Å²) in [5, 5.41) is 6.38. The van der Waals surface area contributed by atoms with E-state index < -0.39 is 0 Å². The molecule has 0 aromatic heterocycles. The molecule has 1 aliphatic rings. The SMILES string of the molecule is CSCC(C)C(=O)N[C@@H]1CCCNC1. The highest BCUT2D eigenvalue weighted by Crippen LogP contribution is 2.07. The summed E-state index contributed by atoms with van der Waals surface area (Å²) in [6, 6.07) is 0.348. The highest BCUT2D eigenvalue weighted by Gasteiger charge is 2.18. The second kappa shape index (κ2) is 6.30. The van der Waals surface area contributed by atoms with Gasteiger partial charge in [0, 0.05) is 24.3 Å². The van der Waals surface area contributed by atoms with Gasteiger partial charge in [0.1, 0.15) is 0 Å². The lowest BCUT2D eigenvalue weighted by atomic mass is 10.1. The van der Waals surface area contributed by atoms with Gasteiger partial charge in [0.15, 0.2) is 0 Å². The topological polar surface area (TPSA) is 41.1 Å². The standard InChI is InChI=1S/C10H20N2OS/c1-8(7-14-2)10(13)12-9-4-3-5-11-6-9/h8-9,11H,3-7H2,1-2H3,(H,12,13)/t8?,9-/m1/s1. The van der Waals surface area contributed by atoms with E-state index in [1.165, 1.54) is 6.42 Å². The molecule has 0 aromatic carbocycles. The molecule has 1 fully saturated rings. The number of carbonyl (C=O) groups excluding carboxylic acids is 1. The van der Waals surface area contributed by atoms with Gasteiger partial charge in [-0.05, 0) is 25.6 Å². The van der Waals surface area contributed by atoms with Crippen molar-refractivity contribution in [3.63, 3.8) is 0 Å². The van der Waals surface area contributed by atoms with Gasteiger partial charge in [-0.2, -0.15) is 11.8 Å². The van der Waals surface area contributed by atoms with Crippen LogP contribution in [-0.2, 0) is 4.79 Å². The lowest BCUT2D eigenvalue weighted by Gasteiger charge is -2.25. The first-order chi connectivity index (χ1) is 6.74. The van der Waals surface area contributed by atoms with Crippen LogP contribution >= 0.6 is 11.8 Å². The van der Waals surface area contributed by atoms with Crippen molar-refractivity contribution in [2.75, 3.05) is 25.1 Å². The molecule has 2 atom stereocenters. The van der Waals surface area contributed by atoms with E-state index in [1.807, 2.05) is 13.2 Å². The van der Waals surface area contributed by atoms with E-state index in [4.69, 9.17) is 0 Å². The second-order valence-corrected chi connectivity index (χ2v) is 4.82. The summed E-state index contributed by atoms with van der Waals surface area (Å²) in [5.41, 5.74) is 0. The molecule has 0 aliphatic carbocycles. The Morgan fingerprint density at radius 3 is 3.07 bits per heavy atom. The van der Waals surface area contributed by atoms with E-state index in [1.54, 1.807) is 11.8 Å². The number of rotatable bonds is 4. The number of piperidine rings is 1. The van der Waals surface area contributed by atoms with Crippen LogP contribution in [0.1, 0.15) is 19.8 Å². The molecule has 1 aliphatic heterocycles. The molecule has 1 saturated heterocycles. The van der Waals surface area contributed by atoms with Crippen LogP contribution in [0.4, 0.5) is 0 Å². The Hall–Kier alpha value is -0.220. The van der Waals surface area contributed by atoms with Crippen molar-refractivity contribution in [3.8, 4) is 0 Å². The van der Waals surface area contributed by atoms with Crippen LogP contribution < -0.4 is 10.6 Å². The van der Waals surface area contributed by atoms with Gasteiger partial charge in [0.2, 0.25) is 5.91 Å². The number of hydrogen-bond acceptors (Lipinski definition) is 3. The fraction of sp³-hybridized carbons (Fsp3) is 0.900. The van der Waals surface area contributed by atoms with Crippen molar-refractivity contribution in [1.82, 2.24) is 10.6 Å². The molecule has 0 bridgehead atoms. The molecule has 2 N–H and O–H groups in total. The fourth-order valence-electron chi connectivity index (χ4n) is 1.64. The third kappa shape index (κ3) is 3.88. The van der Waals surface area contributed by atoms with Gasteiger partial charge in [-0.1, -0.05) is 6.92 Å². The smallest absolute Gasteiger partial charge is 0.223 e. The molecule has 1 amide bonds. The highest BCUT2D eigenvalue weighted by atomic mass is 32.2. The predicted octanol–water partition coefficient (Wildman–Crippen LogP) is 0.854. The van der Waals surface area contributed by atoms with Gasteiger partial charge in [0.25, 0.3) is 0 Å². The number of carbonyl (C=O) groups is 1. The third-order valence-electron chi connectivity index (χ3n) is 2.51. The van der Waals surface area contributed by atoms with E-state index in [0.29, 0.717) is 6.04 Å². The van der Waals surface area contributed by atoms with Crippen LogP contribution in [0.25, 0.3) is 0 Å². The van der Waals surface area contributed by atoms with E-state index in [-0.39, 0.29) is 11.8 Å². The first-order valence-electron chi connectivity index (χ1n) is 5.24. The Morgan fingerprint density at radius 1 is 1.71 bits per heavy atom. The van der Waals surface area contributed by atoms with E-state index in [2.05, 4.69) is 10.6 Å². The molecule has 0 aromatic rings. The molecule has 14 heavy (non-hydrogen) atoms. The Balaban J connectivity index is 2.24. The van der Waals surface area contributed by atoms with Gasteiger partial charge < -0.3 is 10.6 Å². The van der Waals surface area contributed by atoms with Gasteiger partial charge in [-0.3, -0.25) is 4.79 Å². The summed E-state index contributed by atoms with van der Waals surface area (Å²) in [7, 11) is 0. The van der Waals surface area contributed by atoms with Gasteiger partial charge >= 0.3 is 0 Å². The van der Waals surface area contributed by atoms with Crippen molar-refractivity contribution in [1.29, 1.82) is 0 Å². The van der Waals surface area contributed by atoms with Crippen LogP contribution in [-0.4, -0.2) is 37.0 Å². The van der Waals surface area contributed by atoms with Crippen molar-refractivity contribution < 1.29 is 4.79 Å². The molecule has 0 saturated carbocycles. The quantitative estimate of drug-likeness (QED) is 0.732. The van der Waals surface area contributed by atoms with Crippen LogP contribution in [0.15, 0.2) is 0 Å². The Labute approximate surface area is 90.4 Å². The summed E-state index contributed by atoms with van der Waals surface area (Å²) in [4.78, 5) is 11.6. The molecule has 0 radical (unpaired) electrons. The van der Waals surface area contributed by atoms with Gasteiger partial charge in [-0.25, -0.2) is 0 Å². The van der Waals surface area contributed by atoms with Crippen LogP contribution in [0, 0.1) is 5.92 Å². The fourth-order valence-corrected chi connectivity index (χ4v) is 2.30. The van der Waals surface area contributed by atoms with Crippen molar-refractivity contribution in [3.05, 3.63) is 0 Å². The minimum atomic E-state index is 0.131. The van der Waals surface area contributed by atoms with E-state index in [9.17, 15) is 4.79 Å². The first-order valence-corrected chi connectivity index (χ1v) is 6.63. The maximum atomic E-state index is 11.6. The zero-order chi connectivity index (χ0) is 10.4. The minimum Gasteiger partial charge on any atom is -0.352 e. The minimum absolute atomic E-state index is 0.131. The summed E-state index contributed by atoms with van der Waals surface area (Å²) >= 11 is 1.72. The maximum absolute atomic E-state index is 11.6. The summed E-state index contributed by atoms with van der Waals surface area (Å²) in [6.07, 6.45) is 4.32. The normalized spacial score (nSPS) is 24.3.